The van der Waals surface area contributed by atoms with E-state index in [1.807, 2.05) is 18.2 Å². The van der Waals surface area contributed by atoms with E-state index in [9.17, 15) is 9.18 Å². The monoisotopic (exact) mass is 412 g/mol. The minimum Gasteiger partial charge on any atom is -0.349 e. The van der Waals surface area contributed by atoms with E-state index in [2.05, 4.69) is 15.3 Å². The molecular weight excluding hydrogens is 391 g/mol. The van der Waals surface area contributed by atoms with Gasteiger partial charge >= 0.3 is 0 Å². The van der Waals surface area contributed by atoms with E-state index in [0.29, 0.717) is 28.6 Å². The quantitative estimate of drug-likeness (QED) is 0.661. The zero-order valence-corrected chi connectivity index (χ0v) is 16.7. The van der Waals surface area contributed by atoms with Gasteiger partial charge in [-0.25, -0.2) is 9.07 Å². The molecule has 0 aliphatic carbocycles. The Balaban J connectivity index is 1.62. The molecule has 150 valence electrons. The van der Waals surface area contributed by atoms with Crippen molar-refractivity contribution in [3.63, 3.8) is 0 Å². The van der Waals surface area contributed by atoms with Crippen molar-refractivity contribution in [1.29, 1.82) is 0 Å². The molecule has 5 nitrogen and oxygen atoms in total. The van der Waals surface area contributed by atoms with E-state index in [0.717, 1.165) is 25.2 Å². The van der Waals surface area contributed by atoms with Gasteiger partial charge in [0.2, 0.25) is 0 Å². The first-order chi connectivity index (χ1) is 14.1. The van der Waals surface area contributed by atoms with Crippen molar-refractivity contribution >= 4 is 17.5 Å². The van der Waals surface area contributed by atoms with Crippen LogP contribution < -0.4 is 5.32 Å². The normalized spacial score (nSPS) is 14.3. The third-order valence-corrected chi connectivity index (χ3v) is 5.39. The van der Waals surface area contributed by atoms with Crippen LogP contribution in [0.5, 0.6) is 0 Å². The maximum atomic E-state index is 13.3. The molecule has 1 fully saturated rings. The van der Waals surface area contributed by atoms with E-state index in [1.54, 1.807) is 28.9 Å². The molecule has 1 amide bonds. The Bertz CT molecular complexity index is 996. The lowest BCUT2D eigenvalue weighted by Crippen LogP contribution is -2.34. The number of aromatic nitrogens is 2. The number of carbonyl (C=O) groups is 1. The maximum absolute atomic E-state index is 13.3. The van der Waals surface area contributed by atoms with Crippen LogP contribution in [0.1, 0.15) is 23.3 Å². The third kappa shape index (κ3) is 4.49. The molecular formula is C22H22ClFN4O. The molecule has 0 bridgehead atoms. The summed E-state index contributed by atoms with van der Waals surface area (Å²) in [6.45, 7) is 3.57. The summed E-state index contributed by atoms with van der Waals surface area (Å²) in [5.74, 6) is -0.538. The molecule has 1 saturated heterocycles. The number of hydrogen-bond acceptors (Lipinski definition) is 3. The van der Waals surface area contributed by atoms with Gasteiger partial charge in [-0.15, -0.1) is 0 Å². The molecule has 3 aromatic rings. The zero-order valence-electron chi connectivity index (χ0n) is 15.9. The van der Waals surface area contributed by atoms with Crippen LogP contribution in [0.25, 0.3) is 16.9 Å². The third-order valence-electron chi connectivity index (χ3n) is 5.07. The van der Waals surface area contributed by atoms with Gasteiger partial charge in [0.1, 0.15) is 11.5 Å². The summed E-state index contributed by atoms with van der Waals surface area (Å²) in [6.07, 6.45) is 2.43. The number of para-hydroxylation sites is 1. The standard InChI is InChI=1S/C22H22ClFN4O/c23-18-5-1-2-6-20(18)28-21(22(29)25-11-14-27-12-3-4-13-27)15-19(26-28)16-7-9-17(24)10-8-16/h1-2,5-10,15H,3-4,11-14H2,(H,25,29). The van der Waals surface area contributed by atoms with Gasteiger partial charge in [-0.1, -0.05) is 23.7 Å². The summed E-state index contributed by atoms with van der Waals surface area (Å²) in [4.78, 5) is 15.3. The maximum Gasteiger partial charge on any atom is 0.270 e. The molecule has 0 atom stereocenters. The first kappa shape index (κ1) is 19.6. The molecule has 0 unspecified atom stereocenters. The van der Waals surface area contributed by atoms with Crippen LogP contribution in [-0.4, -0.2) is 46.8 Å². The Morgan fingerprint density at radius 2 is 1.83 bits per heavy atom. The number of hydrogen-bond donors (Lipinski definition) is 1. The molecule has 1 aliphatic rings. The minimum absolute atomic E-state index is 0.218. The lowest BCUT2D eigenvalue weighted by atomic mass is 10.1. The lowest BCUT2D eigenvalue weighted by Gasteiger charge is -2.15. The van der Waals surface area contributed by atoms with Gasteiger partial charge in [0, 0.05) is 18.7 Å². The molecule has 1 aromatic heterocycles. The average Bonchev–Trinajstić information content (AvgIpc) is 3.39. The van der Waals surface area contributed by atoms with E-state index in [4.69, 9.17) is 11.6 Å². The summed E-state index contributed by atoms with van der Waals surface area (Å²) in [5.41, 5.74) is 2.31. The molecule has 1 N–H and O–H groups in total. The summed E-state index contributed by atoms with van der Waals surface area (Å²) < 4.78 is 14.8. The van der Waals surface area contributed by atoms with E-state index >= 15 is 0 Å². The second-order valence-corrected chi connectivity index (χ2v) is 7.50. The Kier molecular flexibility index (Phi) is 5.92. The number of rotatable bonds is 6. The Hall–Kier alpha value is -2.70. The SMILES string of the molecule is O=C(NCCN1CCCC1)c1cc(-c2ccc(F)cc2)nn1-c1ccccc1Cl. The van der Waals surface area contributed by atoms with Gasteiger partial charge in [-0.2, -0.15) is 5.10 Å². The molecule has 2 aromatic carbocycles. The average molecular weight is 413 g/mol. The van der Waals surface area contributed by atoms with E-state index in [-0.39, 0.29) is 11.7 Å². The smallest absolute Gasteiger partial charge is 0.270 e. The summed E-state index contributed by atoms with van der Waals surface area (Å²) in [6, 6.07) is 15.0. The largest absolute Gasteiger partial charge is 0.349 e. The van der Waals surface area contributed by atoms with Crippen molar-refractivity contribution in [1.82, 2.24) is 20.0 Å². The number of likely N-dealkylation sites (tertiary alicyclic amines) is 1. The molecule has 4 rings (SSSR count). The van der Waals surface area contributed by atoms with E-state index in [1.165, 1.54) is 25.0 Å². The zero-order chi connectivity index (χ0) is 20.2. The van der Waals surface area contributed by atoms with Crippen molar-refractivity contribution in [3.8, 4) is 16.9 Å². The van der Waals surface area contributed by atoms with Crippen molar-refractivity contribution in [2.45, 2.75) is 12.8 Å². The number of amides is 1. The molecule has 0 saturated carbocycles. The van der Waals surface area contributed by atoms with Crippen LogP contribution in [0.3, 0.4) is 0 Å². The number of benzene rings is 2. The van der Waals surface area contributed by atoms with Crippen LogP contribution in [0.15, 0.2) is 54.6 Å². The predicted octanol–water partition coefficient (Wildman–Crippen LogP) is 4.16. The highest BCUT2D eigenvalue weighted by molar-refractivity contribution is 6.32. The molecule has 2 heterocycles. The van der Waals surface area contributed by atoms with Crippen LogP contribution in [0.4, 0.5) is 4.39 Å². The fraction of sp³-hybridized carbons (Fsp3) is 0.273. The van der Waals surface area contributed by atoms with Crippen LogP contribution in [0.2, 0.25) is 5.02 Å². The number of halogens is 2. The molecule has 7 heteroatoms. The molecule has 0 spiro atoms. The van der Waals surface area contributed by atoms with Crippen molar-refractivity contribution in [2.24, 2.45) is 0 Å². The first-order valence-electron chi connectivity index (χ1n) is 9.73. The molecule has 1 aliphatic heterocycles. The number of carbonyl (C=O) groups excluding carboxylic acids is 1. The van der Waals surface area contributed by atoms with Gasteiger partial charge < -0.3 is 10.2 Å². The fourth-order valence-corrected chi connectivity index (χ4v) is 3.75. The van der Waals surface area contributed by atoms with Gasteiger partial charge in [-0.05, 0) is 68.4 Å². The Morgan fingerprint density at radius 3 is 2.55 bits per heavy atom. The highest BCUT2D eigenvalue weighted by atomic mass is 35.5. The fourth-order valence-electron chi connectivity index (χ4n) is 3.54. The van der Waals surface area contributed by atoms with Gasteiger partial charge in [0.05, 0.1) is 16.4 Å². The van der Waals surface area contributed by atoms with Crippen molar-refractivity contribution in [2.75, 3.05) is 26.2 Å². The van der Waals surface area contributed by atoms with Crippen molar-refractivity contribution < 1.29 is 9.18 Å². The summed E-state index contributed by atoms with van der Waals surface area (Å²) >= 11 is 6.35. The number of nitrogens with zero attached hydrogens (tertiary/aromatic N) is 3. The highest BCUT2D eigenvalue weighted by Gasteiger charge is 2.19. The van der Waals surface area contributed by atoms with Crippen LogP contribution >= 0.6 is 11.6 Å². The lowest BCUT2D eigenvalue weighted by molar-refractivity contribution is 0.0942. The summed E-state index contributed by atoms with van der Waals surface area (Å²) in [7, 11) is 0. The summed E-state index contributed by atoms with van der Waals surface area (Å²) in [5, 5.41) is 8.06. The first-order valence-corrected chi connectivity index (χ1v) is 10.1. The van der Waals surface area contributed by atoms with Gasteiger partial charge in [0.25, 0.3) is 5.91 Å². The van der Waals surface area contributed by atoms with Crippen molar-refractivity contribution in [3.05, 3.63) is 71.1 Å². The minimum atomic E-state index is -0.320. The Morgan fingerprint density at radius 1 is 1.10 bits per heavy atom. The van der Waals surface area contributed by atoms with Crippen LogP contribution in [0, 0.1) is 5.82 Å². The van der Waals surface area contributed by atoms with Gasteiger partial charge in [0.15, 0.2) is 0 Å². The topological polar surface area (TPSA) is 50.2 Å². The molecule has 29 heavy (non-hydrogen) atoms. The molecule has 0 radical (unpaired) electrons. The predicted molar refractivity (Wildman–Crippen MR) is 112 cm³/mol. The second-order valence-electron chi connectivity index (χ2n) is 7.09. The highest BCUT2D eigenvalue weighted by Crippen LogP contribution is 2.25. The van der Waals surface area contributed by atoms with Crippen LogP contribution in [-0.2, 0) is 0 Å². The van der Waals surface area contributed by atoms with E-state index < -0.39 is 0 Å². The van der Waals surface area contributed by atoms with Gasteiger partial charge in [-0.3, -0.25) is 4.79 Å². The number of nitrogens with one attached hydrogen (secondary N) is 1. The Labute approximate surface area is 174 Å². The second kappa shape index (κ2) is 8.76.